The van der Waals surface area contributed by atoms with Gasteiger partial charge in [-0.25, -0.2) is 0 Å². The minimum Gasteiger partial charge on any atom is -0.496 e. The maximum Gasteiger partial charge on any atom is 0.122 e. The summed E-state index contributed by atoms with van der Waals surface area (Å²) in [6, 6.07) is 4.23. The Morgan fingerprint density at radius 3 is 2.50 bits per heavy atom. The average molecular weight is 222 g/mol. The number of aliphatic hydroxyl groups excluding tert-OH is 1. The molecule has 0 radical (unpaired) electrons. The van der Waals surface area contributed by atoms with Crippen molar-refractivity contribution in [1.29, 1.82) is 0 Å². The van der Waals surface area contributed by atoms with Crippen LogP contribution in [0.1, 0.15) is 30.0 Å². The third kappa shape index (κ3) is 2.99. The zero-order valence-corrected chi connectivity index (χ0v) is 10.7. The summed E-state index contributed by atoms with van der Waals surface area (Å²) >= 11 is 0. The lowest BCUT2D eigenvalue weighted by Gasteiger charge is -2.17. The largest absolute Gasteiger partial charge is 0.496 e. The molecule has 2 heteroatoms. The number of hydrogen-bond donors (Lipinski definition) is 1. The summed E-state index contributed by atoms with van der Waals surface area (Å²) in [6.07, 6.45) is 1.88. The highest BCUT2D eigenvalue weighted by Crippen LogP contribution is 2.27. The van der Waals surface area contributed by atoms with E-state index in [1.165, 1.54) is 16.7 Å². The number of rotatable bonds is 5. The SMILES string of the molecule is CCC(CO)Cc1c(C)cc(C)cc1OC. The molecule has 1 N–H and O–H groups in total. The van der Waals surface area contributed by atoms with Crippen LogP contribution in [0.3, 0.4) is 0 Å². The maximum atomic E-state index is 9.26. The second-order valence-corrected chi connectivity index (χ2v) is 4.42. The van der Waals surface area contributed by atoms with Gasteiger partial charge in [-0.3, -0.25) is 0 Å². The third-order valence-corrected chi connectivity index (χ3v) is 3.12. The predicted molar refractivity (Wildman–Crippen MR) is 67.0 cm³/mol. The molecule has 0 amide bonds. The summed E-state index contributed by atoms with van der Waals surface area (Å²) in [5.41, 5.74) is 3.70. The lowest BCUT2D eigenvalue weighted by molar-refractivity contribution is 0.221. The molecule has 0 saturated carbocycles. The van der Waals surface area contributed by atoms with E-state index in [-0.39, 0.29) is 6.61 Å². The molecule has 16 heavy (non-hydrogen) atoms. The zero-order valence-electron chi connectivity index (χ0n) is 10.7. The van der Waals surface area contributed by atoms with Crippen molar-refractivity contribution in [3.8, 4) is 5.75 Å². The van der Waals surface area contributed by atoms with Gasteiger partial charge >= 0.3 is 0 Å². The van der Waals surface area contributed by atoms with Crippen molar-refractivity contribution in [2.75, 3.05) is 13.7 Å². The summed E-state index contributed by atoms with van der Waals surface area (Å²) in [6.45, 7) is 6.53. The van der Waals surface area contributed by atoms with Crippen molar-refractivity contribution in [3.63, 3.8) is 0 Å². The fourth-order valence-corrected chi connectivity index (χ4v) is 2.03. The van der Waals surface area contributed by atoms with Gasteiger partial charge in [-0.1, -0.05) is 19.4 Å². The van der Waals surface area contributed by atoms with E-state index < -0.39 is 0 Å². The second kappa shape index (κ2) is 5.90. The van der Waals surface area contributed by atoms with Crippen LogP contribution in [0.5, 0.6) is 5.75 Å². The number of benzene rings is 1. The fraction of sp³-hybridized carbons (Fsp3) is 0.571. The second-order valence-electron chi connectivity index (χ2n) is 4.42. The number of methoxy groups -OCH3 is 1. The van der Waals surface area contributed by atoms with E-state index in [2.05, 4.69) is 32.9 Å². The molecule has 0 spiro atoms. The average Bonchev–Trinajstić information content (AvgIpc) is 2.27. The quantitative estimate of drug-likeness (QED) is 0.830. The Balaban J connectivity index is 3.01. The van der Waals surface area contributed by atoms with Crippen LogP contribution < -0.4 is 4.74 Å². The number of hydrogen-bond acceptors (Lipinski definition) is 2. The first-order chi connectivity index (χ1) is 7.62. The standard InChI is InChI=1S/C14H22O2/c1-5-12(9-15)8-13-11(3)6-10(2)7-14(13)16-4/h6-7,12,15H,5,8-9H2,1-4H3. The van der Waals surface area contributed by atoms with E-state index >= 15 is 0 Å². The monoisotopic (exact) mass is 222 g/mol. The van der Waals surface area contributed by atoms with Gasteiger partial charge < -0.3 is 9.84 Å². The van der Waals surface area contributed by atoms with E-state index in [1.807, 2.05) is 0 Å². The van der Waals surface area contributed by atoms with Gasteiger partial charge in [0.1, 0.15) is 5.75 Å². The normalized spacial score (nSPS) is 12.6. The van der Waals surface area contributed by atoms with Crippen LogP contribution in [0.4, 0.5) is 0 Å². The van der Waals surface area contributed by atoms with E-state index in [0.717, 1.165) is 18.6 Å². The van der Waals surface area contributed by atoms with Gasteiger partial charge in [0, 0.05) is 6.61 Å². The molecule has 0 aliphatic rings. The Kier molecular flexibility index (Phi) is 4.81. The van der Waals surface area contributed by atoms with Crippen LogP contribution in [-0.2, 0) is 6.42 Å². The molecule has 0 fully saturated rings. The predicted octanol–water partition coefficient (Wildman–Crippen LogP) is 2.87. The maximum absolute atomic E-state index is 9.26. The summed E-state index contributed by atoms with van der Waals surface area (Å²) in [7, 11) is 1.71. The van der Waals surface area contributed by atoms with Crippen molar-refractivity contribution in [2.24, 2.45) is 5.92 Å². The van der Waals surface area contributed by atoms with Gasteiger partial charge in [-0.2, -0.15) is 0 Å². The lowest BCUT2D eigenvalue weighted by Crippen LogP contribution is -2.10. The van der Waals surface area contributed by atoms with Crippen molar-refractivity contribution in [1.82, 2.24) is 0 Å². The molecule has 1 rings (SSSR count). The van der Waals surface area contributed by atoms with Gasteiger partial charge in [-0.15, -0.1) is 0 Å². The minimum absolute atomic E-state index is 0.243. The first kappa shape index (κ1) is 13.0. The highest BCUT2D eigenvalue weighted by atomic mass is 16.5. The minimum atomic E-state index is 0.243. The smallest absolute Gasteiger partial charge is 0.122 e. The molecule has 1 unspecified atom stereocenters. The molecule has 0 bridgehead atoms. The first-order valence-corrected chi connectivity index (χ1v) is 5.87. The van der Waals surface area contributed by atoms with Crippen LogP contribution in [-0.4, -0.2) is 18.8 Å². The topological polar surface area (TPSA) is 29.5 Å². The number of aryl methyl sites for hydroxylation is 2. The van der Waals surface area contributed by atoms with E-state index in [1.54, 1.807) is 7.11 Å². The van der Waals surface area contributed by atoms with E-state index in [9.17, 15) is 5.11 Å². The summed E-state index contributed by atoms with van der Waals surface area (Å²) in [5.74, 6) is 1.28. The van der Waals surface area contributed by atoms with Crippen LogP contribution in [0.25, 0.3) is 0 Å². The van der Waals surface area contributed by atoms with Crippen LogP contribution in [0.15, 0.2) is 12.1 Å². The molecule has 0 aliphatic carbocycles. The molecule has 2 nitrogen and oxygen atoms in total. The van der Waals surface area contributed by atoms with E-state index in [0.29, 0.717) is 5.92 Å². The Bertz CT molecular complexity index is 341. The molecule has 0 aliphatic heterocycles. The summed E-state index contributed by atoms with van der Waals surface area (Å²) in [5, 5.41) is 9.26. The molecule has 1 aromatic carbocycles. The molecule has 0 heterocycles. The lowest BCUT2D eigenvalue weighted by atomic mass is 9.93. The van der Waals surface area contributed by atoms with Gasteiger partial charge in [0.15, 0.2) is 0 Å². The zero-order chi connectivity index (χ0) is 12.1. The van der Waals surface area contributed by atoms with E-state index in [4.69, 9.17) is 4.74 Å². The molecule has 90 valence electrons. The van der Waals surface area contributed by atoms with Crippen LogP contribution in [0, 0.1) is 19.8 Å². The van der Waals surface area contributed by atoms with Crippen molar-refractivity contribution >= 4 is 0 Å². The van der Waals surface area contributed by atoms with Crippen LogP contribution >= 0.6 is 0 Å². The van der Waals surface area contributed by atoms with Gasteiger partial charge in [0.25, 0.3) is 0 Å². The molecular formula is C14H22O2. The molecule has 0 aromatic heterocycles. The fourth-order valence-electron chi connectivity index (χ4n) is 2.03. The van der Waals surface area contributed by atoms with Crippen molar-refractivity contribution in [2.45, 2.75) is 33.6 Å². The summed E-state index contributed by atoms with van der Waals surface area (Å²) < 4.78 is 5.42. The third-order valence-electron chi connectivity index (χ3n) is 3.12. The molecule has 1 atom stereocenters. The molecule has 0 saturated heterocycles. The van der Waals surface area contributed by atoms with Gasteiger partial charge in [0.2, 0.25) is 0 Å². The Morgan fingerprint density at radius 1 is 1.31 bits per heavy atom. The molecule has 1 aromatic rings. The Hall–Kier alpha value is -1.02. The van der Waals surface area contributed by atoms with Crippen molar-refractivity contribution in [3.05, 3.63) is 28.8 Å². The van der Waals surface area contributed by atoms with Crippen molar-refractivity contribution < 1.29 is 9.84 Å². The highest BCUT2D eigenvalue weighted by molar-refractivity contribution is 5.43. The number of aliphatic hydroxyl groups is 1. The van der Waals surface area contributed by atoms with Gasteiger partial charge in [-0.05, 0) is 48.9 Å². The molecular weight excluding hydrogens is 200 g/mol. The Labute approximate surface area is 98.3 Å². The Morgan fingerprint density at radius 2 is 2.00 bits per heavy atom. The van der Waals surface area contributed by atoms with Crippen LogP contribution in [0.2, 0.25) is 0 Å². The highest BCUT2D eigenvalue weighted by Gasteiger charge is 2.13. The van der Waals surface area contributed by atoms with Gasteiger partial charge in [0.05, 0.1) is 7.11 Å². The summed E-state index contributed by atoms with van der Waals surface area (Å²) in [4.78, 5) is 0. The first-order valence-electron chi connectivity index (χ1n) is 5.87. The number of ether oxygens (including phenoxy) is 1.